The number of nitrogens with one attached hydrogen (secondary N) is 1. The van der Waals surface area contributed by atoms with Gasteiger partial charge < -0.3 is 5.32 Å². The molecule has 0 spiro atoms. The van der Waals surface area contributed by atoms with Gasteiger partial charge in [0.1, 0.15) is 0 Å². The molecule has 1 aromatic carbocycles. The first-order valence-electron chi connectivity index (χ1n) is 4.99. The average Bonchev–Trinajstić information content (AvgIpc) is 2.59. The highest BCUT2D eigenvalue weighted by atomic mass is 32.1. The number of rotatable bonds is 3. The Morgan fingerprint density at radius 3 is 3.00 bits per heavy atom. The van der Waals surface area contributed by atoms with Crippen molar-refractivity contribution < 1.29 is 0 Å². The minimum absolute atomic E-state index is 0.987. The Labute approximate surface area is 88.8 Å². The third-order valence-corrected chi connectivity index (χ3v) is 3.45. The van der Waals surface area contributed by atoms with Crippen LogP contribution < -0.4 is 5.32 Å². The number of thiophene rings is 1. The highest BCUT2D eigenvalue weighted by Gasteiger charge is 2.04. The molecular weight excluding hydrogens is 190 g/mol. The molecule has 0 saturated heterocycles. The quantitative estimate of drug-likeness (QED) is 0.810. The molecule has 0 radical (unpaired) electrons. The molecule has 1 N–H and O–H groups in total. The van der Waals surface area contributed by atoms with E-state index in [4.69, 9.17) is 0 Å². The van der Waals surface area contributed by atoms with Crippen molar-refractivity contribution in [1.82, 2.24) is 5.32 Å². The van der Waals surface area contributed by atoms with E-state index >= 15 is 0 Å². The zero-order valence-corrected chi connectivity index (χ0v) is 9.45. The van der Waals surface area contributed by atoms with Gasteiger partial charge in [0.2, 0.25) is 0 Å². The van der Waals surface area contributed by atoms with Crippen molar-refractivity contribution >= 4 is 21.4 Å². The largest absolute Gasteiger partial charge is 0.313 e. The van der Waals surface area contributed by atoms with Crippen LogP contribution in [0.4, 0.5) is 0 Å². The molecule has 1 aromatic heterocycles. The molecule has 14 heavy (non-hydrogen) atoms. The van der Waals surface area contributed by atoms with Crippen molar-refractivity contribution in [2.45, 2.75) is 20.4 Å². The van der Waals surface area contributed by atoms with Crippen LogP contribution in [0.15, 0.2) is 23.6 Å². The maximum absolute atomic E-state index is 3.38. The molecule has 74 valence electrons. The van der Waals surface area contributed by atoms with Gasteiger partial charge in [-0.3, -0.25) is 0 Å². The standard InChI is InChI=1S/C12H15NS/c1-3-13-7-10-8-14-11-6-4-5-9(2)12(10)11/h4-6,8,13H,3,7H2,1-2H3. The van der Waals surface area contributed by atoms with Crippen LogP contribution in [-0.2, 0) is 6.54 Å². The molecule has 0 fully saturated rings. The number of hydrogen-bond acceptors (Lipinski definition) is 2. The topological polar surface area (TPSA) is 12.0 Å². The van der Waals surface area contributed by atoms with Crippen LogP contribution in [0.25, 0.3) is 10.1 Å². The Kier molecular flexibility index (Phi) is 2.85. The first-order chi connectivity index (χ1) is 6.83. The van der Waals surface area contributed by atoms with E-state index in [1.165, 1.54) is 21.2 Å². The Morgan fingerprint density at radius 1 is 1.36 bits per heavy atom. The van der Waals surface area contributed by atoms with Gasteiger partial charge in [0.15, 0.2) is 0 Å². The maximum Gasteiger partial charge on any atom is 0.0348 e. The fourth-order valence-corrected chi connectivity index (χ4v) is 2.77. The fraction of sp³-hybridized carbons (Fsp3) is 0.333. The number of aryl methyl sites for hydroxylation is 1. The lowest BCUT2D eigenvalue weighted by atomic mass is 10.1. The first-order valence-corrected chi connectivity index (χ1v) is 5.87. The molecule has 1 nitrogen and oxygen atoms in total. The maximum atomic E-state index is 3.38. The van der Waals surface area contributed by atoms with Crippen LogP contribution in [0, 0.1) is 6.92 Å². The van der Waals surface area contributed by atoms with Gasteiger partial charge in [-0.15, -0.1) is 11.3 Å². The second kappa shape index (κ2) is 4.11. The van der Waals surface area contributed by atoms with Crippen LogP contribution in [0.3, 0.4) is 0 Å². The average molecular weight is 205 g/mol. The number of benzene rings is 1. The summed E-state index contributed by atoms with van der Waals surface area (Å²) in [7, 11) is 0. The van der Waals surface area contributed by atoms with Gasteiger partial charge in [-0.25, -0.2) is 0 Å². The van der Waals surface area contributed by atoms with Crippen LogP contribution in [-0.4, -0.2) is 6.54 Å². The molecule has 0 unspecified atom stereocenters. The summed E-state index contributed by atoms with van der Waals surface area (Å²) in [6, 6.07) is 6.51. The summed E-state index contributed by atoms with van der Waals surface area (Å²) < 4.78 is 1.40. The van der Waals surface area contributed by atoms with Gasteiger partial charge in [-0.2, -0.15) is 0 Å². The number of hydrogen-bond donors (Lipinski definition) is 1. The Hall–Kier alpha value is -0.860. The Balaban J connectivity index is 2.45. The third-order valence-electron chi connectivity index (χ3n) is 2.45. The molecule has 0 amide bonds. The molecule has 0 aliphatic rings. The van der Waals surface area contributed by atoms with E-state index in [1.807, 2.05) is 11.3 Å². The van der Waals surface area contributed by atoms with Crippen LogP contribution in [0.1, 0.15) is 18.1 Å². The van der Waals surface area contributed by atoms with Gasteiger partial charge in [0.25, 0.3) is 0 Å². The molecule has 2 heteroatoms. The van der Waals surface area contributed by atoms with Crippen molar-refractivity contribution in [3.63, 3.8) is 0 Å². The molecule has 0 bridgehead atoms. The normalized spacial score (nSPS) is 11.0. The zero-order valence-electron chi connectivity index (χ0n) is 8.63. The van der Waals surface area contributed by atoms with Crippen molar-refractivity contribution in [3.05, 3.63) is 34.7 Å². The smallest absolute Gasteiger partial charge is 0.0348 e. The van der Waals surface area contributed by atoms with Crippen LogP contribution in [0.5, 0.6) is 0 Å². The van der Waals surface area contributed by atoms with E-state index < -0.39 is 0 Å². The predicted octanol–water partition coefficient (Wildman–Crippen LogP) is 3.32. The molecule has 2 aromatic rings. The molecule has 0 aliphatic heterocycles. The SMILES string of the molecule is CCNCc1csc2cccc(C)c12. The summed E-state index contributed by atoms with van der Waals surface area (Å²) >= 11 is 1.84. The summed E-state index contributed by atoms with van der Waals surface area (Å²) in [6.45, 7) is 6.34. The minimum Gasteiger partial charge on any atom is -0.313 e. The van der Waals surface area contributed by atoms with Crippen molar-refractivity contribution in [3.8, 4) is 0 Å². The van der Waals surface area contributed by atoms with Crippen molar-refractivity contribution in [1.29, 1.82) is 0 Å². The van der Waals surface area contributed by atoms with Gasteiger partial charge in [-0.05, 0) is 41.4 Å². The zero-order chi connectivity index (χ0) is 9.97. The molecule has 1 heterocycles. The van der Waals surface area contributed by atoms with Crippen LogP contribution in [0.2, 0.25) is 0 Å². The summed E-state index contributed by atoms with van der Waals surface area (Å²) in [6.07, 6.45) is 0. The van der Waals surface area contributed by atoms with E-state index in [9.17, 15) is 0 Å². The summed E-state index contributed by atoms with van der Waals surface area (Å²) in [5.74, 6) is 0. The lowest BCUT2D eigenvalue weighted by Gasteiger charge is -2.02. The van der Waals surface area contributed by atoms with Gasteiger partial charge in [-0.1, -0.05) is 19.1 Å². The second-order valence-electron chi connectivity index (χ2n) is 3.49. The molecule has 0 atom stereocenters. The first kappa shape index (κ1) is 9.69. The van der Waals surface area contributed by atoms with Crippen LogP contribution >= 0.6 is 11.3 Å². The molecule has 0 aliphatic carbocycles. The third kappa shape index (κ3) is 1.68. The van der Waals surface area contributed by atoms with Gasteiger partial charge in [0, 0.05) is 11.2 Å². The summed E-state index contributed by atoms with van der Waals surface area (Å²) in [4.78, 5) is 0. The predicted molar refractivity (Wildman–Crippen MR) is 63.9 cm³/mol. The lowest BCUT2D eigenvalue weighted by Crippen LogP contribution is -2.11. The van der Waals surface area contributed by atoms with E-state index in [0.717, 1.165) is 13.1 Å². The Bertz CT molecular complexity index is 431. The summed E-state index contributed by atoms with van der Waals surface area (Å²) in [5.41, 5.74) is 2.82. The molecule has 0 saturated carbocycles. The highest BCUT2D eigenvalue weighted by molar-refractivity contribution is 7.17. The van der Waals surface area contributed by atoms with Gasteiger partial charge >= 0.3 is 0 Å². The van der Waals surface area contributed by atoms with Gasteiger partial charge in [0.05, 0.1) is 0 Å². The van der Waals surface area contributed by atoms with E-state index in [-0.39, 0.29) is 0 Å². The van der Waals surface area contributed by atoms with E-state index in [1.54, 1.807) is 0 Å². The minimum atomic E-state index is 0.987. The Morgan fingerprint density at radius 2 is 2.21 bits per heavy atom. The monoisotopic (exact) mass is 205 g/mol. The van der Waals surface area contributed by atoms with Crippen molar-refractivity contribution in [2.75, 3.05) is 6.54 Å². The van der Waals surface area contributed by atoms with Crippen molar-refractivity contribution in [2.24, 2.45) is 0 Å². The molecular formula is C12H15NS. The fourth-order valence-electron chi connectivity index (χ4n) is 1.73. The second-order valence-corrected chi connectivity index (χ2v) is 4.40. The van der Waals surface area contributed by atoms with E-state index in [2.05, 4.69) is 42.7 Å². The molecule has 2 rings (SSSR count). The highest BCUT2D eigenvalue weighted by Crippen LogP contribution is 2.28. The number of fused-ring (bicyclic) bond motifs is 1. The van der Waals surface area contributed by atoms with E-state index in [0.29, 0.717) is 0 Å². The lowest BCUT2D eigenvalue weighted by molar-refractivity contribution is 0.732. The summed E-state index contributed by atoms with van der Waals surface area (Å²) in [5, 5.41) is 7.08.